The van der Waals surface area contributed by atoms with E-state index in [0.29, 0.717) is 16.5 Å². The second kappa shape index (κ2) is 9.36. The largest absolute Gasteiger partial charge is 0.496 e. The number of rotatable bonds is 6. The minimum Gasteiger partial charge on any atom is -0.496 e. The average molecular weight is 471 g/mol. The normalized spacial score (nSPS) is 11.8. The fourth-order valence-electron chi connectivity index (χ4n) is 3.70. The molecule has 2 heterocycles. The van der Waals surface area contributed by atoms with Gasteiger partial charge in [0, 0.05) is 23.3 Å². The molecule has 0 aliphatic rings. The molecule has 0 saturated heterocycles. The zero-order valence-corrected chi connectivity index (χ0v) is 18.9. The molecule has 0 radical (unpaired) electrons. The van der Waals surface area contributed by atoms with Crippen LogP contribution in [-0.4, -0.2) is 26.3 Å². The fourth-order valence-corrected chi connectivity index (χ4v) is 4.55. The Hall–Kier alpha value is -4.17. The van der Waals surface area contributed by atoms with Crippen LogP contribution in [0, 0.1) is 5.82 Å². The molecule has 3 aromatic carbocycles. The molecule has 1 unspecified atom stereocenters. The number of fused-ring (bicyclic) bond motifs is 1. The van der Waals surface area contributed by atoms with Crippen molar-refractivity contribution in [3.05, 3.63) is 97.3 Å². The third-order valence-electron chi connectivity index (χ3n) is 5.36. The van der Waals surface area contributed by atoms with E-state index in [1.165, 1.54) is 18.5 Å². The third-order valence-corrected chi connectivity index (χ3v) is 6.44. The molecular formula is C26H19FN4O2S. The first-order chi connectivity index (χ1) is 16.6. The summed E-state index contributed by atoms with van der Waals surface area (Å²) in [4.78, 5) is 13.1. The number of halogens is 1. The van der Waals surface area contributed by atoms with Gasteiger partial charge in [-0.3, -0.25) is 9.71 Å². The smallest absolute Gasteiger partial charge is 0.151 e. The Kier molecular flexibility index (Phi) is 5.97. The number of nitrogens with zero attached hydrogens (tertiary/aromatic N) is 3. The van der Waals surface area contributed by atoms with Gasteiger partial charge in [0.15, 0.2) is 11.0 Å². The van der Waals surface area contributed by atoms with Crippen LogP contribution >= 0.6 is 0 Å². The quantitative estimate of drug-likeness (QED) is 0.347. The van der Waals surface area contributed by atoms with Crippen LogP contribution < -0.4 is 9.46 Å². The zero-order chi connectivity index (χ0) is 23.5. The maximum atomic E-state index is 13.3. The highest BCUT2D eigenvalue weighted by Crippen LogP contribution is 2.37. The Bertz CT molecular complexity index is 1490. The maximum absolute atomic E-state index is 13.3. The molecule has 0 saturated carbocycles. The van der Waals surface area contributed by atoms with E-state index in [1.54, 1.807) is 43.8 Å². The molecule has 6 nitrogen and oxygen atoms in total. The molecule has 1 N–H and O–H groups in total. The number of ether oxygens (including phenoxy) is 1. The highest BCUT2D eigenvalue weighted by Gasteiger charge is 2.14. The first-order valence-electron chi connectivity index (χ1n) is 10.4. The summed E-state index contributed by atoms with van der Waals surface area (Å²) < 4.78 is 34.6. The van der Waals surface area contributed by atoms with E-state index in [1.807, 2.05) is 36.4 Å². The van der Waals surface area contributed by atoms with Gasteiger partial charge in [0.25, 0.3) is 0 Å². The molecule has 1 atom stereocenters. The van der Waals surface area contributed by atoms with E-state index in [9.17, 15) is 8.60 Å². The first-order valence-corrected chi connectivity index (χ1v) is 11.5. The van der Waals surface area contributed by atoms with Crippen LogP contribution in [-0.2, 0) is 11.0 Å². The molecule has 0 aliphatic carbocycles. The second-order valence-corrected chi connectivity index (χ2v) is 8.64. The van der Waals surface area contributed by atoms with Crippen molar-refractivity contribution < 1.29 is 13.3 Å². The van der Waals surface area contributed by atoms with Crippen molar-refractivity contribution in [1.82, 2.24) is 15.0 Å². The summed E-state index contributed by atoms with van der Waals surface area (Å²) in [6.07, 6.45) is 4.70. The summed E-state index contributed by atoms with van der Waals surface area (Å²) >= 11 is 0. The SMILES string of the molecule is COc1cc(-c2ccc(F)cc2)ccc1-c1nccc2cc(S(=O)Nc3ccncn3)ccc12. The highest BCUT2D eigenvalue weighted by atomic mass is 32.2. The molecule has 168 valence electrons. The predicted molar refractivity (Wildman–Crippen MR) is 131 cm³/mol. The summed E-state index contributed by atoms with van der Waals surface area (Å²) in [5.74, 6) is 0.856. The van der Waals surface area contributed by atoms with Gasteiger partial charge in [-0.25, -0.2) is 18.6 Å². The lowest BCUT2D eigenvalue weighted by Gasteiger charge is -2.13. The molecule has 5 rings (SSSR count). The summed E-state index contributed by atoms with van der Waals surface area (Å²) in [5, 5.41) is 1.79. The summed E-state index contributed by atoms with van der Waals surface area (Å²) in [7, 11) is 0.124. The van der Waals surface area contributed by atoms with Gasteiger partial charge >= 0.3 is 0 Å². The molecule has 2 aromatic heterocycles. The number of pyridine rings is 1. The summed E-state index contributed by atoms with van der Waals surface area (Å²) in [6.45, 7) is 0. The number of hydrogen-bond donors (Lipinski definition) is 1. The Morgan fingerprint density at radius 1 is 0.882 bits per heavy atom. The molecular weight excluding hydrogens is 451 g/mol. The van der Waals surface area contributed by atoms with Crippen molar-refractivity contribution >= 4 is 27.6 Å². The van der Waals surface area contributed by atoms with Crippen molar-refractivity contribution in [2.45, 2.75) is 4.90 Å². The fraction of sp³-hybridized carbons (Fsp3) is 0.0385. The van der Waals surface area contributed by atoms with Gasteiger partial charge in [0.1, 0.15) is 23.7 Å². The van der Waals surface area contributed by atoms with Gasteiger partial charge in [0.05, 0.1) is 17.7 Å². The topological polar surface area (TPSA) is 77.0 Å². The van der Waals surface area contributed by atoms with Crippen LogP contribution in [0.25, 0.3) is 33.2 Å². The van der Waals surface area contributed by atoms with E-state index >= 15 is 0 Å². The van der Waals surface area contributed by atoms with Gasteiger partial charge in [-0.1, -0.05) is 24.3 Å². The van der Waals surface area contributed by atoms with Gasteiger partial charge in [0.2, 0.25) is 0 Å². The number of nitrogens with one attached hydrogen (secondary N) is 1. The van der Waals surface area contributed by atoms with E-state index < -0.39 is 11.0 Å². The van der Waals surface area contributed by atoms with E-state index in [-0.39, 0.29) is 5.82 Å². The maximum Gasteiger partial charge on any atom is 0.151 e. The monoisotopic (exact) mass is 470 g/mol. The first kappa shape index (κ1) is 21.7. The molecule has 8 heteroatoms. The second-order valence-electron chi connectivity index (χ2n) is 7.43. The van der Waals surface area contributed by atoms with Crippen molar-refractivity contribution in [2.75, 3.05) is 11.8 Å². The number of anilines is 1. The van der Waals surface area contributed by atoms with Gasteiger partial charge < -0.3 is 4.74 Å². The van der Waals surface area contributed by atoms with Crippen LogP contribution in [0.1, 0.15) is 0 Å². The predicted octanol–water partition coefficient (Wildman–Crippen LogP) is 5.64. The number of methoxy groups -OCH3 is 1. The Balaban J connectivity index is 1.51. The molecule has 0 amide bonds. The van der Waals surface area contributed by atoms with Gasteiger partial charge in [-0.15, -0.1) is 0 Å². The highest BCUT2D eigenvalue weighted by molar-refractivity contribution is 7.86. The van der Waals surface area contributed by atoms with Crippen LogP contribution in [0.2, 0.25) is 0 Å². The van der Waals surface area contributed by atoms with E-state index in [0.717, 1.165) is 33.2 Å². The Morgan fingerprint density at radius 2 is 1.71 bits per heavy atom. The van der Waals surface area contributed by atoms with Crippen molar-refractivity contribution in [1.29, 1.82) is 0 Å². The minimum absolute atomic E-state index is 0.278. The molecule has 5 aromatic rings. The number of aromatic nitrogens is 3. The lowest BCUT2D eigenvalue weighted by Crippen LogP contribution is -2.06. The standard InChI is InChI=1S/C26H19FN4O2S/c1-33-24-15-18(17-2-5-20(27)6-3-17)4-8-23(24)26-22-9-7-21(14-19(22)10-13-29-26)34(32)31-25-11-12-28-16-30-25/h2-16H,1H3,(H,28,30,31). The van der Waals surface area contributed by atoms with Gasteiger partial charge in [-0.05, 0) is 65.0 Å². The van der Waals surface area contributed by atoms with Crippen molar-refractivity contribution in [2.24, 2.45) is 0 Å². The molecule has 0 fully saturated rings. The third kappa shape index (κ3) is 4.35. The van der Waals surface area contributed by atoms with Crippen LogP contribution in [0.5, 0.6) is 5.75 Å². The average Bonchev–Trinajstić information content (AvgIpc) is 2.88. The van der Waals surface area contributed by atoms with Crippen LogP contribution in [0.4, 0.5) is 10.2 Å². The van der Waals surface area contributed by atoms with Crippen LogP contribution in [0.15, 0.2) is 96.4 Å². The lowest BCUT2D eigenvalue weighted by atomic mass is 9.99. The Morgan fingerprint density at radius 3 is 2.47 bits per heavy atom. The zero-order valence-electron chi connectivity index (χ0n) is 18.1. The number of benzene rings is 3. The lowest BCUT2D eigenvalue weighted by molar-refractivity contribution is 0.416. The number of hydrogen-bond acceptors (Lipinski definition) is 5. The summed E-state index contributed by atoms with van der Waals surface area (Å²) in [5.41, 5.74) is 3.38. The minimum atomic E-state index is -1.49. The van der Waals surface area contributed by atoms with Crippen molar-refractivity contribution in [3.8, 4) is 28.1 Å². The van der Waals surface area contributed by atoms with Crippen LogP contribution in [0.3, 0.4) is 0 Å². The Labute approximate surface area is 198 Å². The summed E-state index contributed by atoms with van der Waals surface area (Å²) in [6, 6.07) is 21.3. The molecule has 0 spiro atoms. The molecule has 0 bridgehead atoms. The van der Waals surface area contributed by atoms with Gasteiger partial charge in [-0.2, -0.15) is 0 Å². The van der Waals surface area contributed by atoms with Crippen molar-refractivity contribution in [3.63, 3.8) is 0 Å². The molecule has 0 aliphatic heterocycles. The molecule has 34 heavy (non-hydrogen) atoms. The van der Waals surface area contributed by atoms with E-state index in [2.05, 4.69) is 19.7 Å². The van der Waals surface area contributed by atoms with E-state index in [4.69, 9.17) is 4.74 Å².